The van der Waals surface area contributed by atoms with Crippen molar-refractivity contribution in [3.05, 3.63) is 47.5 Å². The van der Waals surface area contributed by atoms with Gasteiger partial charge in [-0.1, -0.05) is 6.07 Å². The maximum Gasteiger partial charge on any atom is 0.159 e. The summed E-state index contributed by atoms with van der Waals surface area (Å²) in [6, 6.07) is 4.18. The number of rotatable bonds is 5. The lowest BCUT2D eigenvalue weighted by Crippen LogP contribution is -2.28. The summed E-state index contributed by atoms with van der Waals surface area (Å²) in [6.07, 6.45) is 3.31. The summed E-state index contributed by atoms with van der Waals surface area (Å²) in [7, 11) is 3.63. The topological polar surface area (TPSA) is 43.2 Å². The van der Waals surface area contributed by atoms with Gasteiger partial charge in [0.25, 0.3) is 0 Å². The van der Waals surface area contributed by atoms with Gasteiger partial charge in [-0.25, -0.2) is 8.78 Å². The third-order valence-electron chi connectivity index (χ3n) is 4.41. The molecule has 0 amide bonds. The van der Waals surface area contributed by atoms with E-state index in [1.165, 1.54) is 12.1 Å². The summed E-state index contributed by atoms with van der Waals surface area (Å²) in [5, 5.41) is 8.15. The van der Waals surface area contributed by atoms with E-state index in [9.17, 15) is 8.78 Å². The van der Waals surface area contributed by atoms with Crippen LogP contribution in [-0.2, 0) is 18.2 Å². The normalized spacial score (nSPS) is 21.9. The van der Waals surface area contributed by atoms with Crippen molar-refractivity contribution in [3.8, 4) is 0 Å². The molecular formula is C16H20F2N4O. The second-order valence-corrected chi connectivity index (χ2v) is 5.90. The Hall–Kier alpha value is -1.86. The van der Waals surface area contributed by atoms with Crippen LogP contribution in [0.2, 0.25) is 0 Å². The number of hydrogen-bond acceptors (Lipinski definition) is 4. The van der Waals surface area contributed by atoms with Gasteiger partial charge in [0, 0.05) is 27.2 Å². The van der Waals surface area contributed by atoms with Gasteiger partial charge in [0.2, 0.25) is 0 Å². The van der Waals surface area contributed by atoms with Gasteiger partial charge < -0.3 is 9.30 Å². The number of nitrogens with zero attached hydrogens (tertiary/aromatic N) is 4. The van der Waals surface area contributed by atoms with Crippen LogP contribution < -0.4 is 0 Å². The van der Waals surface area contributed by atoms with Crippen molar-refractivity contribution in [2.75, 3.05) is 20.2 Å². The molecule has 2 heterocycles. The third kappa shape index (κ3) is 3.40. The first-order chi connectivity index (χ1) is 11.1. The Labute approximate surface area is 133 Å². The lowest BCUT2D eigenvalue weighted by atomic mass is 10.1. The molecule has 0 radical (unpaired) electrons. The highest BCUT2D eigenvalue weighted by Gasteiger charge is 2.35. The van der Waals surface area contributed by atoms with Crippen molar-refractivity contribution >= 4 is 0 Å². The first kappa shape index (κ1) is 16.0. The average Bonchev–Trinajstić information content (AvgIpc) is 3.14. The summed E-state index contributed by atoms with van der Waals surface area (Å²) < 4.78 is 33.7. The average molecular weight is 322 g/mol. The molecule has 1 aliphatic rings. The van der Waals surface area contributed by atoms with Crippen LogP contribution in [0.1, 0.15) is 23.9 Å². The molecule has 1 aliphatic heterocycles. The molecule has 23 heavy (non-hydrogen) atoms. The van der Waals surface area contributed by atoms with E-state index in [1.54, 1.807) is 19.5 Å². The standard InChI is InChI=1S/C16H20F2N4O/c1-21-10-19-20-16(21)15-8-12(23-2)9-22(15)6-5-11-3-4-13(17)14(18)7-11/h3-4,7,10,12,15H,5-6,8-9H2,1-2H3/t12-,15+/m1/s1. The summed E-state index contributed by atoms with van der Waals surface area (Å²) in [5.74, 6) is -0.718. The molecule has 0 saturated carbocycles. The predicted molar refractivity (Wildman–Crippen MR) is 80.8 cm³/mol. The van der Waals surface area contributed by atoms with Gasteiger partial charge in [-0.05, 0) is 30.5 Å². The number of likely N-dealkylation sites (tertiary alicyclic amines) is 1. The van der Waals surface area contributed by atoms with Gasteiger partial charge >= 0.3 is 0 Å². The Bertz CT molecular complexity index is 676. The van der Waals surface area contributed by atoms with Crippen molar-refractivity contribution < 1.29 is 13.5 Å². The SMILES string of the molecule is CO[C@@H]1C[C@@H](c2nncn2C)N(CCc2ccc(F)c(F)c2)C1. The minimum Gasteiger partial charge on any atom is -0.380 e. The fourth-order valence-corrected chi connectivity index (χ4v) is 3.11. The summed E-state index contributed by atoms with van der Waals surface area (Å²) >= 11 is 0. The molecular weight excluding hydrogens is 302 g/mol. The fourth-order valence-electron chi connectivity index (χ4n) is 3.11. The van der Waals surface area contributed by atoms with Crippen LogP contribution in [0.5, 0.6) is 0 Å². The van der Waals surface area contributed by atoms with Crippen molar-refractivity contribution in [3.63, 3.8) is 0 Å². The maximum absolute atomic E-state index is 13.3. The van der Waals surface area contributed by atoms with E-state index >= 15 is 0 Å². The molecule has 7 heteroatoms. The molecule has 124 valence electrons. The van der Waals surface area contributed by atoms with Crippen molar-refractivity contribution in [2.24, 2.45) is 7.05 Å². The summed E-state index contributed by atoms with van der Waals surface area (Å²) in [4.78, 5) is 2.26. The van der Waals surface area contributed by atoms with E-state index in [-0.39, 0.29) is 12.1 Å². The molecule has 5 nitrogen and oxygen atoms in total. The van der Waals surface area contributed by atoms with Crippen LogP contribution in [0.25, 0.3) is 0 Å². The number of aryl methyl sites for hydroxylation is 1. The van der Waals surface area contributed by atoms with Crippen LogP contribution in [-0.4, -0.2) is 46.0 Å². The molecule has 0 aliphatic carbocycles. The van der Waals surface area contributed by atoms with Gasteiger partial charge in [-0.3, -0.25) is 4.90 Å². The van der Waals surface area contributed by atoms with Gasteiger partial charge in [0.15, 0.2) is 11.6 Å². The van der Waals surface area contributed by atoms with E-state index in [0.29, 0.717) is 6.42 Å². The number of aromatic nitrogens is 3. The Morgan fingerprint density at radius 1 is 1.30 bits per heavy atom. The first-order valence-electron chi connectivity index (χ1n) is 7.63. The van der Waals surface area contributed by atoms with Crippen molar-refractivity contribution in [1.29, 1.82) is 0 Å². The molecule has 3 rings (SSSR count). The highest BCUT2D eigenvalue weighted by Crippen LogP contribution is 2.32. The highest BCUT2D eigenvalue weighted by molar-refractivity contribution is 5.18. The number of methoxy groups -OCH3 is 1. The van der Waals surface area contributed by atoms with Crippen LogP contribution in [0.3, 0.4) is 0 Å². The third-order valence-corrected chi connectivity index (χ3v) is 4.41. The number of halogens is 2. The minimum atomic E-state index is -0.814. The van der Waals surface area contributed by atoms with Crippen LogP contribution >= 0.6 is 0 Å². The molecule has 0 unspecified atom stereocenters. The molecule has 0 N–H and O–H groups in total. The van der Waals surface area contributed by atoms with Gasteiger partial charge in [-0.2, -0.15) is 0 Å². The van der Waals surface area contributed by atoms with Gasteiger partial charge in [0.05, 0.1) is 12.1 Å². The van der Waals surface area contributed by atoms with E-state index in [0.717, 1.165) is 30.9 Å². The summed E-state index contributed by atoms with van der Waals surface area (Å²) in [6.45, 7) is 1.51. The van der Waals surface area contributed by atoms with E-state index in [1.807, 2.05) is 11.6 Å². The number of ether oxygens (including phenoxy) is 1. The zero-order valence-corrected chi connectivity index (χ0v) is 13.2. The van der Waals surface area contributed by atoms with Crippen LogP contribution in [0, 0.1) is 11.6 Å². The minimum absolute atomic E-state index is 0.123. The van der Waals surface area contributed by atoms with Crippen molar-refractivity contribution in [1.82, 2.24) is 19.7 Å². The van der Waals surface area contributed by atoms with E-state index in [4.69, 9.17) is 4.74 Å². The molecule has 1 aromatic carbocycles. The second kappa shape index (κ2) is 6.72. The van der Waals surface area contributed by atoms with E-state index < -0.39 is 11.6 Å². The molecule has 0 spiro atoms. The molecule has 2 aromatic rings. The predicted octanol–water partition coefficient (Wildman–Crippen LogP) is 2.10. The maximum atomic E-state index is 13.3. The number of benzene rings is 1. The zero-order chi connectivity index (χ0) is 16.4. The first-order valence-corrected chi connectivity index (χ1v) is 7.63. The molecule has 0 bridgehead atoms. The lowest BCUT2D eigenvalue weighted by Gasteiger charge is -2.23. The Morgan fingerprint density at radius 3 is 2.78 bits per heavy atom. The highest BCUT2D eigenvalue weighted by atomic mass is 19.2. The van der Waals surface area contributed by atoms with E-state index in [2.05, 4.69) is 15.1 Å². The largest absolute Gasteiger partial charge is 0.380 e. The van der Waals surface area contributed by atoms with Gasteiger partial charge in [-0.15, -0.1) is 10.2 Å². The Kier molecular flexibility index (Phi) is 4.68. The van der Waals surface area contributed by atoms with Crippen LogP contribution in [0.4, 0.5) is 8.78 Å². The molecule has 1 aromatic heterocycles. The lowest BCUT2D eigenvalue weighted by molar-refractivity contribution is 0.108. The number of hydrogen-bond donors (Lipinski definition) is 0. The Balaban J connectivity index is 1.71. The summed E-state index contributed by atoms with van der Waals surface area (Å²) in [5.41, 5.74) is 0.779. The quantitative estimate of drug-likeness (QED) is 0.845. The smallest absolute Gasteiger partial charge is 0.159 e. The van der Waals surface area contributed by atoms with Crippen molar-refractivity contribution in [2.45, 2.75) is 25.0 Å². The monoisotopic (exact) mass is 322 g/mol. The molecule has 1 fully saturated rings. The zero-order valence-electron chi connectivity index (χ0n) is 13.2. The molecule has 2 atom stereocenters. The second-order valence-electron chi connectivity index (χ2n) is 5.90. The fraction of sp³-hybridized carbons (Fsp3) is 0.500. The molecule has 1 saturated heterocycles. The van der Waals surface area contributed by atoms with Gasteiger partial charge in [0.1, 0.15) is 12.2 Å². The Morgan fingerprint density at radius 2 is 2.13 bits per heavy atom. The van der Waals surface area contributed by atoms with Crippen LogP contribution in [0.15, 0.2) is 24.5 Å².